The van der Waals surface area contributed by atoms with Gasteiger partial charge in [-0.15, -0.1) is 0 Å². The van der Waals surface area contributed by atoms with Crippen LogP contribution >= 0.6 is 0 Å². The molecule has 2 fully saturated rings. The summed E-state index contributed by atoms with van der Waals surface area (Å²) in [7, 11) is 0. The number of fused-ring (bicyclic) bond motifs is 1. The molecule has 2 aliphatic carbocycles. The number of hydrogen-bond donors (Lipinski definition) is 0. The fourth-order valence-electron chi connectivity index (χ4n) is 5.79. The standard InChI is InChI=1S/C18H34/c1-11(2)10-17-14(6)18(12(3)4)13(5)15-8-7-9-16(15)17/h11-18H,7-10H2,1-6H3. The maximum absolute atomic E-state index is 2.57. The number of rotatable bonds is 3. The Morgan fingerprint density at radius 1 is 0.889 bits per heavy atom. The predicted molar refractivity (Wildman–Crippen MR) is 80.4 cm³/mol. The normalized spacial score (nSPS) is 44.7. The summed E-state index contributed by atoms with van der Waals surface area (Å²) in [6.07, 6.45) is 6.03. The minimum absolute atomic E-state index is 0.867. The Hall–Kier alpha value is 0. The summed E-state index contributed by atoms with van der Waals surface area (Å²) in [5.74, 6) is 7.75. The lowest BCUT2D eigenvalue weighted by atomic mass is 9.55. The van der Waals surface area contributed by atoms with Crippen molar-refractivity contribution in [1.82, 2.24) is 0 Å². The van der Waals surface area contributed by atoms with Crippen molar-refractivity contribution < 1.29 is 0 Å². The Morgan fingerprint density at radius 2 is 1.50 bits per heavy atom. The first-order valence-corrected chi connectivity index (χ1v) is 8.43. The third-order valence-electron chi connectivity index (χ3n) is 6.25. The van der Waals surface area contributed by atoms with Crippen LogP contribution in [0, 0.1) is 47.3 Å². The van der Waals surface area contributed by atoms with Crippen molar-refractivity contribution in [3.63, 3.8) is 0 Å². The van der Waals surface area contributed by atoms with Crippen LogP contribution in [0.2, 0.25) is 0 Å². The van der Waals surface area contributed by atoms with E-state index in [1.807, 2.05) is 0 Å². The van der Waals surface area contributed by atoms with Gasteiger partial charge >= 0.3 is 0 Å². The molecule has 0 heterocycles. The zero-order valence-corrected chi connectivity index (χ0v) is 13.4. The highest BCUT2D eigenvalue weighted by atomic mass is 14.5. The smallest absolute Gasteiger partial charge is 0.0334 e. The molecule has 6 unspecified atom stereocenters. The first-order chi connectivity index (χ1) is 8.43. The van der Waals surface area contributed by atoms with Crippen molar-refractivity contribution in [2.24, 2.45) is 47.3 Å². The molecular weight excluding hydrogens is 216 g/mol. The predicted octanol–water partition coefficient (Wildman–Crippen LogP) is 5.62. The fraction of sp³-hybridized carbons (Fsp3) is 1.00. The van der Waals surface area contributed by atoms with Crippen LogP contribution in [0.15, 0.2) is 0 Å². The molecule has 2 saturated carbocycles. The molecule has 0 aromatic heterocycles. The van der Waals surface area contributed by atoms with Gasteiger partial charge in [-0.05, 0) is 66.6 Å². The van der Waals surface area contributed by atoms with Gasteiger partial charge < -0.3 is 0 Å². The van der Waals surface area contributed by atoms with E-state index in [-0.39, 0.29) is 0 Å². The molecule has 0 bridgehead atoms. The van der Waals surface area contributed by atoms with E-state index in [9.17, 15) is 0 Å². The number of hydrogen-bond acceptors (Lipinski definition) is 0. The van der Waals surface area contributed by atoms with Gasteiger partial charge in [0.2, 0.25) is 0 Å². The van der Waals surface area contributed by atoms with Crippen molar-refractivity contribution >= 4 is 0 Å². The summed E-state index contributed by atoms with van der Waals surface area (Å²) in [6, 6.07) is 0. The molecule has 0 aromatic rings. The van der Waals surface area contributed by atoms with Gasteiger partial charge in [-0.3, -0.25) is 0 Å². The van der Waals surface area contributed by atoms with Crippen LogP contribution in [-0.2, 0) is 0 Å². The lowest BCUT2D eigenvalue weighted by Crippen LogP contribution is -2.44. The van der Waals surface area contributed by atoms with E-state index in [0.717, 1.165) is 47.3 Å². The van der Waals surface area contributed by atoms with Crippen LogP contribution in [-0.4, -0.2) is 0 Å². The van der Waals surface area contributed by atoms with Gasteiger partial charge in [0, 0.05) is 0 Å². The molecule has 0 aliphatic heterocycles. The summed E-state index contributed by atoms with van der Waals surface area (Å²) >= 11 is 0. The molecule has 0 amide bonds. The molecule has 0 heteroatoms. The van der Waals surface area contributed by atoms with Gasteiger partial charge in [0.15, 0.2) is 0 Å². The van der Waals surface area contributed by atoms with Crippen LogP contribution in [0.25, 0.3) is 0 Å². The van der Waals surface area contributed by atoms with Crippen molar-refractivity contribution in [1.29, 1.82) is 0 Å². The molecule has 0 spiro atoms. The summed E-state index contributed by atoms with van der Waals surface area (Å²) in [5.41, 5.74) is 0. The van der Waals surface area contributed by atoms with Crippen molar-refractivity contribution in [3.8, 4) is 0 Å². The van der Waals surface area contributed by atoms with Gasteiger partial charge in [-0.2, -0.15) is 0 Å². The Kier molecular flexibility index (Phi) is 4.44. The van der Waals surface area contributed by atoms with Crippen LogP contribution in [0.4, 0.5) is 0 Å². The molecule has 0 nitrogen and oxygen atoms in total. The van der Waals surface area contributed by atoms with Gasteiger partial charge in [0.25, 0.3) is 0 Å². The zero-order chi connectivity index (χ0) is 13.4. The second kappa shape index (κ2) is 5.55. The van der Waals surface area contributed by atoms with Gasteiger partial charge in [-0.25, -0.2) is 0 Å². The van der Waals surface area contributed by atoms with Gasteiger partial charge in [-0.1, -0.05) is 48.0 Å². The first-order valence-electron chi connectivity index (χ1n) is 8.43. The third kappa shape index (κ3) is 2.49. The summed E-state index contributed by atoms with van der Waals surface area (Å²) < 4.78 is 0. The van der Waals surface area contributed by atoms with Gasteiger partial charge in [0.05, 0.1) is 0 Å². The average molecular weight is 250 g/mol. The van der Waals surface area contributed by atoms with E-state index >= 15 is 0 Å². The van der Waals surface area contributed by atoms with E-state index < -0.39 is 0 Å². The van der Waals surface area contributed by atoms with Gasteiger partial charge in [0.1, 0.15) is 0 Å². The van der Waals surface area contributed by atoms with Crippen LogP contribution in [0.5, 0.6) is 0 Å². The Balaban J connectivity index is 2.22. The molecule has 2 rings (SSSR count). The molecule has 0 radical (unpaired) electrons. The lowest BCUT2D eigenvalue weighted by molar-refractivity contribution is -0.0198. The maximum atomic E-state index is 2.57. The molecule has 106 valence electrons. The monoisotopic (exact) mass is 250 g/mol. The Labute approximate surface area is 115 Å². The summed E-state index contributed by atoms with van der Waals surface area (Å²) in [4.78, 5) is 0. The fourth-order valence-corrected chi connectivity index (χ4v) is 5.79. The molecule has 18 heavy (non-hydrogen) atoms. The summed E-state index contributed by atoms with van der Waals surface area (Å²) in [6.45, 7) is 14.9. The second-order valence-electron chi connectivity index (χ2n) is 8.09. The zero-order valence-electron chi connectivity index (χ0n) is 13.4. The lowest BCUT2D eigenvalue weighted by Gasteiger charge is -2.50. The highest BCUT2D eigenvalue weighted by Gasteiger charge is 2.48. The third-order valence-corrected chi connectivity index (χ3v) is 6.25. The quantitative estimate of drug-likeness (QED) is 0.609. The van der Waals surface area contributed by atoms with Crippen molar-refractivity contribution in [2.75, 3.05) is 0 Å². The van der Waals surface area contributed by atoms with E-state index in [2.05, 4.69) is 41.5 Å². The molecule has 0 saturated heterocycles. The topological polar surface area (TPSA) is 0 Å². The molecule has 6 atom stereocenters. The molecule has 0 N–H and O–H groups in total. The van der Waals surface area contributed by atoms with Crippen molar-refractivity contribution in [2.45, 2.75) is 67.2 Å². The highest BCUT2D eigenvalue weighted by molar-refractivity contribution is 4.97. The summed E-state index contributed by atoms with van der Waals surface area (Å²) in [5, 5.41) is 0. The Bertz CT molecular complexity index is 265. The maximum Gasteiger partial charge on any atom is -0.0334 e. The Morgan fingerprint density at radius 3 is 2.06 bits per heavy atom. The minimum atomic E-state index is 0.867. The van der Waals surface area contributed by atoms with E-state index in [0.29, 0.717) is 0 Å². The largest absolute Gasteiger partial charge is 0.0628 e. The minimum Gasteiger partial charge on any atom is -0.0628 e. The first kappa shape index (κ1) is 14.4. The van der Waals surface area contributed by atoms with Crippen molar-refractivity contribution in [3.05, 3.63) is 0 Å². The molecular formula is C18H34. The average Bonchev–Trinajstić information content (AvgIpc) is 2.72. The van der Waals surface area contributed by atoms with E-state index in [1.54, 1.807) is 0 Å². The van der Waals surface area contributed by atoms with Crippen LogP contribution in [0.3, 0.4) is 0 Å². The molecule has 0 aromatic carbocycles. The SMILES string of the molecule is CC(C)CC1C(C)C(C(C)C)C(C)C2CCCC21. The van der Waals surface area contributed by atoms with E-state index in [1.165, 1.54) is 25.7 Å². The highest BCUT2D eigenvalue weighted by Crippen LogP contribution is 2.56. The van der Waals surface area contributed by atoms with Crippen LogP contribution in [0.1, 0.15) is 67.2 Å². The van der Waals surface area contributed by atoms with Crippen LogP contribution < -0.4 is 0 Å². The van der Waals surface area contributed by atoms with E-state index in [4.69, 9.17) is 0 Å². The molecule has 2 aliphatic rings. The second-order valence-corrected chi connectivity index (χ2v) is 8.09.